The molecular formula is C20H34N6O3. The highest BCUT2D eigenvalue weighted by Crippen LogP contribution is 2.19. The average molecular weight is 407 g/mol. The van der Waals surface area contributed by atoms with Gasteiger partial charge in [0.15, 0.2) is 11.5 Å². The number of nitrogens with one attached hydrogen (secondary N) is 1. The summed E-state index contributed by atoms with van der Waals surface area (Å²) in [6, 6.07) is 0.230. The van der Waals surface area contributed by atoms with Crippen molar-refractivity contribution >= 4 is 17.0 Å². The molecule has 162 valence electrons. The zero-order chi connectivity index (χ0) is 20.6. The van der Waals surface area contributed by atoms with Crippen LogP contribution in [0.4, 0.5) is 5.82 Å². The van der Waals surface area contributed by atoms with E-state index in [2.05, 4.69) is 26.8 Å². The first-order valence-electron chi connectivity index (χ1n) is 10.7. The Morgan fingerprint density at radius 2 is 2.07 bits per heavy atom. The number of nitrogens with two attached hydrogens (primary N) is 1. The molecule has 9 heteroatoms. The van der Waals surface area contributed by atoms with Gasteiger partial charge >= 0.3 is 11.7 Å². The summed E-state index contributed by atoms with van der Waals surface area (Å²) >= 11 is 0. The molecule has 1 aliphatic heterocycles. The zero-order valence-corrected chi connectivity index (χ0v) is 17.7. The van der Waals surface area contributed by atoms with Gasteiger partial charge in [-0.25, -0.2) is 4.79 Å². The average Bonchev–Trinajstić information content (AvgIpc) is 3.02. The number of H-pyrrole nitrogens is 1. The molecule has 1 unspecified atom stereocenters. The number of piperidine rings is 1. The standard InChI is InChI=1S/C20H34N6O3/c1-3-4-12-29-19-23-17(21)16-18(24-19)26(20(27)22-16)11-6-5-9-25-10-7-8-15(13-25)14-28-2/h15H,3-14H2,1-2H3,(H,22,27)(H2,21,23,24). The quantitative estimate of drug-likeness (QED) is 0.549. The van der Waals surface area contributed by atoms with Crippen LogP contribution < -0.4 is 16.2 Å². The molecule has 1 fully saturated rings. The number of rotatable bonds is 11. The molecule has 29 heavy (non-hydrogen) atoms. The molecule has 1 aliphatic rings. The van der Waals surface area contributed by atoms with Crippen LogP contribution in [0.5, 0.6) is 6.01 Å². The lowest BCUT2D eigenvalue weighted by Crippen LogP contribution is -2.37. The number of aromatic amines is 1. The fourth-order valence-corrected chi connectivity index (χ4v) is 3.94. The molecule has 0 spiro atoms. The molecule has 0 radical (unpaired) electrons. The predicted molar refractivity (Wildman–Crippen MR) is 113 cm³/mol. The predicted octanol–water partition coefficient (Wildman–Crippen LogP) is 2.02. The molecular weight excluding hydrogens is 372 g/mol. The summed E-state index contributed by atoms with van der Waals surface area (Å²) in [6.45, 7) is 7.35. The van der Waals surface area contributed by atoms with Crippen molar-refractivity contribution in [2.24, 2.45) is 5.92 Å². The molecule has 3 heterocycles. The summed E-state index contributed by atoms with van der Waals surface area (Å²) in [5.41, 5.74) is 6.80. The number of imidazole rings is 1. The lowest BCUT2D eigenvalue weighted by molar-refractivity contribution is 0.0897. The molecule has 1 saturated heterocycles. The Hall–Kier alpha value is -2.13. The number of anilines is 1. The first-order valence-corrected chi connectivity index (χ1v) is 10.7. The second-order valence-corrected chi connectivity index (χ2v) is 7.85. The largest absolute Gasteiger partial charge is 0.463 e. The SMILES string of the molecule is CCCCOc1nc(N)c2[nH]c(=O)n(CCCCN3CCCC(COC)C3)c2n1. The number of ether oxygens (including phenoxy) is 2. The van der Waals surface area contributed by atoms with Crippen molar-refractivity contribution in [3.63, 3.8) is 0 Å². The number of methoxy groups -OCH3 is 1. The van der Waals surface area contributed by atoms with Crippen molar-refractivity contribution in [3.8, 4) is 6.01 Å². The fraction of sp³-hybridized carbons (Fsp3) is 0.750. The van der Waals surface area contributed by atoms with Crippen molar-refractivity contribution in [2.75, 3.05) is 45.7 Å². The number of nitrogen functional groups attached to an aromatic ring is 1. The number of fused-ring (bicyclic) bond motifs is 1. The highest BCUT2D eigenvalue weighted by molar-refractivity contribution is 5.81. The molecule has 2 aromatic rings. The Labute approximate surface area is 171 Å². The van der Waals surface area contributed by atoms with E-state index in [9.17, 15) is 4.79 Å². The van der Waals surface area contributed by atoms with E-state index in [-0.39, 0.29) is 17.5 Å². The summed E-state index contributed by atoms with van der Waals surface area (Å²) in [5.74, 6) is 0.880. The first-order chi connectivity index (χ1) is 14.1. The molecule has 3 N–H and O–H groups in total. The lowest BCUT2D eigenvalue weighted by Gasteiger charge is -2.32. The van der Waals surface area contributed by atoms with E-state index in [1.165, 1.54) is 12.8 Å². The summed E-state index contributed by atoms with van der Waals surface area (Å²) < 4.78 is 12.5. The smallest absolute Gasteiger partial charge is 0.327 e. The summed E-state index contributed by atoms with van der Waals surface area (Å²) in [4.78, 5) is 26.2. The Kier molecular flexibility index (Phi) is 7.88. The summed E-state index contributed by atoms with van der Waals surface area (Å²) in [7, 11) is 1.77. The minimum absolute atomic E-state index is 0.204. The highest BCUT2D eigenvalue weighted by atomic mass is 16.5. The molecule has 9 nitrogen and oxygen atoms in total. The summed E-state index contributed by atoms with van der Waals surface area (Å²) in [6.07, 6.45) is 6.35. The molecule has 0 aromatic carbocycles. The number of nitrogens with zero attached hydrogens (tertiary/aromatic N) is 4. The van der Waals surface area contributed by atoms with Crippen molar-refractivity contribution in [3.05, 3.63) is 10.5 Å². The van der Waals surface area contributed by atoms with Crippen LogP contribution in [0.25, 0.3) is 11.2 Å². The van der Waals surface area contributed by atoms with Gasteiger partial charge in [0.2, 0.25) is 0 Å². The van der Waals surface area contributed by atoms with Gasteiger partial charge in [-0.15, -0.1) is 0 Å². The second kappa shape index (κ2) is 10.6. The third kappa shape index (κ3) is 5.70. The van der Waals surface area contributed by atoms with Crippen LogP contribution in [0, 0.1) is 5.92 Å². The van der Waals surface area contributed by atoms with E-state index in [0.29, 0.717) is 30.2 Å². The molecule has 0 bridgehead atoms. The number of hydrogen-bond donors (Lipinski definition) is 2. The monoisotopic (exact) mass is 406 g/mol. The maximum atomic E-state index is 12.4. The Morgan fingerprint density at radius 3 is 2.86 bits per heavy atom. The first kappa shape index (κ1) is 21.6. The van der Waals surface area contributed by atoms with Crippen molar-refractivity contribution in [2.45, 2.75) is 52.0 Å². The molecule has 0 amide bonds. The van der Waals surface area contributed by atoms with Crippen LogP contribution in [0.2, 0.25) is 0 Å². The minimum Gasteiger partial charge on any atom is -0.463 e. The Balaban J connectivity index is 1.58. The third-order valence-corrected chi connectivity index (χ3v) is 5.47. The number of aromatic nitrogens is 4. The van der Waals surface area contributed by atoms with Gasteiger partial charge in [-0.05, 0) is 51.1 Å². The fourth-order valence-electron chi connectivity index (χ4n) is 3.94. The van der Waals surface area contributed by atoms with Crippen LogP contribution in [-0.2, 0) is 11.3 Å². The van der Waals surface area contributed by atoms with Crippen molar-refractivity contribution in [1.29, 1.82) is 0 Å². The second-order valence-electron chi connectivity index (χ2n) is 7.85. The van der Waals surface area contributed by atoms with E-state index in [4.69, 9.17) is 15.2 Å². The Bertz CT molecular complexity index is 831. The highest BCUT2D eigenvalue weighted by Gasteiger charge is 2.19. The van der Waals surface area contributed by atoms with Gasteiger partial charge in [0.05, 0.1) is 13.2 Å². The van der Waals surface area contributed by atoms with Crippen LogP contribution in [-0.4, -0.2) is 64.4 Å². The van der Waals surface area contributed by atoms with Gasteiger partial charge in [-0.3, -0.25) is 4.57 Å². The number of aryl methyl sites for hydroxylation is 1. The molecule has 2 aromatic heterocycles. The maximum Gasteiger partial charge on any atom is 0.327 e. The molecule has 0 saturated carbocycles. The van der Waals surface area contributed by atoms with E-state index in [1.807, 2.05) is 0 Å². The number of unbranched alkanes of at least 4 members (excludes halogenated alkanes) is 2. The van der Waals surface area contributed by atoms with Crippen LogP contribution >= 0.6 is 0 Å². The van der Waals surface area contributed by atoms with Crippen LogP contribution in [0.15, 0.2) is 4.79 Å². The van der Waals surface area contributed by atoms with Gasteiger partial charge in [0, 0.05) is 20.2 Å². The third-order valence-electron chi connectivity index (χ3n) is 5.47. The molecule has 1 atom stereocenters. The summed E-state index contributed by atoms with van der Waals surface area (Å²) in [5, 5.41) is 0. The van der Waals surface area contributed by atoms with E-state index >= 15 is 0 Å². The Morgan fingerprint density at radius 1 is 1.24 bits per heavy atom. The number of likely N-dealkylation sites (tertiary alicyclic amines) is 1. The van der Waals surface area contributed by atoms with E-state index in [1.54, 1.807) is 11.7 Å². The van der Waals surface area contributed by atoms with Gasteiger partial charge in [-0.2, -0.15) is 9.97 Å². The topological polar surface area (TPSA) is 111 Å². The minimum atomic E-state index is -0.204. The zero-order valence-electron chi connectivity index (χ0n) is 17.7. The number of hydrogen-bond acceptors (Lipinski definition) is 7. The molecule has 0 aliphatic carbocycles. The van der Waals surface area contributed by atoms with Crippen molar-refractivity contribution < 1.29 is 9.47 Å². The van der Waals surface area contributed by atoms with Gasteiger partial charge < -0.3 is 25.1 Å². The molecule has 3 rings (SSSR count). The van der Waals surface area contributed by atoms with Crippen molar-refractivity contribution in [1.82, 2.24) is 24.4 Å². The van der Waals surface area contributed by atoms with Crippen LogP contribution in [0.1, 0.15) is 45.4 Å². The van der Waals surface area contributed by atoms with E-state index in [0.717, 1.165) is 51.9 Å². The van der Waals surface area contributed by atoms with Gasteiger partial charge in [-0.1, -0.05) is 13.3 Å². The van der Waals surface area contributed by atoms with Crippen LogP contribution in [0.3, 0.4) is 0 Å². The lowest BCUT2D eigenvalue weighted by atomic mass is 9.99. The normalized spacial score (nSPS) is 17.8. The maximum absolute atomic E-state index is 12.4. The van der Waals surface area contributed by atoms with Gasteiger partial charge in [0.1, 0.15) is 5.52 Å². The van der Waals surface area contributed by atoms with Gasteiger partial charge in [0.25, 0.3) is 0 Å². The van der Waals surface area contributed by atoms with E-state index < -0.39 is 0 Å².